The molecule has 0 saturated heterocycles. The van der Waals surface area contributed by atoms with Crippen LogP contribution in [0.25, 0.3) is 11.3 Å². The van der Waals surface area contributed by atoms with Gasteiger partial charge in [-0.2, -0.15) is 0 Å². The molecule has 1 heterocycles. The second kappa shape index (κ2) is 7.41. The van der Waals surface area contributed by atoms with Crippen molar-refractivity contribution in [1.29, 1.82) is 0 Å². The molecular formula is C20H20N2OS. The minimum atomic E-state index is -0.0325. The predicted molar refractivity (Wildman–Crippen MR) is 100 cm³/mol. The normalized spacial score (nSPS) is 10.6. The first-order valence-corrected chi connectivity index (χ1v) is 8.88. The maximum atomic E-state index is 12.3. The first kappa shape index (κ1) is 16.4. The Bertz CT molecular complexity index is 823. The van der Waals surface area contributed by atoms with Gasteiger partial charge >= 0.3 is 0 Å². The number of aryl methyl sites for hydroxylation is 2. The molecule has 0 saturated carbocycles. The third-order valence-corrected chi connectivity index (χ3v) is 4.91. The van der Waals surface area contributed by atoms with E-state index in [2.05, 4.69) is 17.2 Å². The number of nitrogens with zero attached hydrogens (tertiary/aromatic N) is 1. The first-order valence-electron chi connectivity index (χ1n) is 8.06. The molecule has 0 atom stereocenters. The Morgan fingerprint density at radius 3 is 2.46 bits per heavy atom. The van der Waals surface area contributed by atoms with Gasteiger partial charge in [0, 0.05) is 10.4 Å². The molecule has 0 fully saturated rings. The second-order valence-electron chi connectivity index (χ2n) is 5.72. The van der Waals surface area contributed by atoms with Crippen molar-refractivity contribution in [3.63, 3.8) is 0 Å². The van der Waals surface area contributed by atoms with E-state index in [1.807, 2.05) is 61.5 Å². The van der Waals surface area contributed by atoms with Gasteiger partial charge in [0.1, 0.15) is 0 Å². The number of thiazole rings is 1. The molecular weight excluding hydrogens is 316 g/mol. The van der Waals surface area contributed by atoms with Crippen LogP contribution >= 0.6 is 11.3 Å². The van der Waals surface area contributed by atoms with Crippen LogP contribution in [0.5, 0.6) is 0 Å². The number of rotatable bonds is 5. The third kappa shape index (κ3) is 3.89. The highest BCUT2D eigenvalue weighted by molar-refractivity contribution is 7.16. The molecule has 2 aromatic carbocycles. The molecule has 1 amide bonds. The zero-order valence-electron chi connectivity index (χ0n) is 13.9. The summed E-state index contributed by atoms with van der Waals surface area (Å²) >= 11 is 1.55. The largest absolute Gasteiger partial charge is 0.302 e. The average Bonchev–Trinajstić information content (AvgIpc) is 3.00. The second-order valence-corrected chi connectivity index (χ2v) is 6.80. The average molecular weight is 336 g/mol. The quantitative estimate of drug-likeness (QED) is 0.723. The molecule has 122 valence electrons. The molecule has 3 nitrogen and oxygen atoms in total. The van der Waals surface area contributed by atoms with Crippen LogP contribution in [0, 0.1) is 6.92 Å². The van der Waals surface area contributed by atoms with Crippen molar-refractivity contribution in [1.82, 2.24) is 4.98 Å². The summed E-state index contributed by atoms with van der Waals surface area (Å²) in [5.41, 5.74) is 4.26. The summed E-state index contributed by atoms with van der Waals surface area (Å²) in [6.07, 6.45) is 1.26. The molecule has 24 heavy (non-hydrogen) atoms. The number of benzene rings is 2. The zero-order chi connectivity index (χ0) is 16.9. The van der Waals surface area contributed by atoms with Crippen molar-refractivity contribution >= 4 is 22.4 Å². The summed E-state index contributed by atoms with van der Waals surface area (Å²) in [6.45, 7) is 4.15. The Balaban J connectivity index is 1.74. The summed E-state index contributed by atoms with van der Waals surface area (Å²) in [7, 11) is 0. The number of hydrogen-bond acceptors (Lipinski definition) is 3. The van der Waals surface area contributed by atoms with Crippen molar-refractivity contribution in [2.24, 2.45) is 0 Å². The number of carbonyl (C=O) groups excluding carboxylic acids is 1. The van der Waals surface area contributed by atoms with Gasteiger partial charge in [-0.05, 0) is 18.9 Å². The predicted octanol–water partition coefficient (Wildman–Crippen LogP) is 4.86. The number of carbonyl (C=O) groups is 1. The van der Waals surface area contributed by atoms with Crippen LogP contribution in [0.15, 0.2) is 54.6 Å². The maximum Gasteiger partial charge on any atom is 0.230 e. The van der Waals surface area contributed by atoms with E-state index in [4.69, 9.17) is 0 Å². The summed E-state index contributed by atoms with van der Waals surface area (Å²) in [4.78, 5) is 18.1. The summed E-state index contributed by atoms with van der Waals surface area (Å²) in [5, 5.41) is 3.61. The molecule has 4 heteroatoms. The summed E-state index contributed by atoms with van der Waals surface area (Å²) in [5.74, 6) is -0.0325. The molecule has 1 N–H and O–H groups in total. The third-order valence-electron chi connectivity index (χ3n) is 3.80. The van der Waals surface area contributed by atoms with E-state index >= 15 is 0 Å². The van der Waals surface area contributed by atoms with E-state index < -0.39 is 0 Å². The minimum absolute atomic E-state index is 0.0325. The highest BCUT2D eigenvalue weighted by atomic mass is 32.1. The maximum absolute atomic E-state index is 12.3. The van der Waals surface area contributed by atoms with Crippen molar-refractivity contribution in [3.05, 3.63) is 70.6 Å². The van der Waals surface area contributed by atoms with Crippen LogP contribution in [-0.4, -0.2) is 10.9 Å². The molecule has 0 radical (unpaired) electrons. The van der Waals surface area contributed by atoms with E-state index in [1.165, 1.54) is 10.4 Å². The summed E-state index contributed by atoms with van der Waals surface area (Å²) < 4.78 is 0. The molecule has 0 unspecified atom stereocenters. The Labute approximate surface area is 146 Å². The molecule has 0 bridgehead atoms. The number of hydrogen-bond donors (Lipinski definition) is 1. The van der Waals surface area contributed by atoms with Gasteiger partial charge in [-0.1, -0.05) is 67.1 Å². The van der Waals surface area contributed by atoms with Gasteiger partial charge in [-0.25, -0.2) is 4.98 Å². The molecule has 1 aromatic heterocycles. The van der Waals surface area contributed by atoms with Crippen molar-refractivity contribution in [2.75, 3.05) is 5.32 Å². The Hall–Kier alpha value is -2.46. The lowest BCUT2D eigenvalue weighted by atomic mass is 10.1. The van der Waals surface area contributed by atoms with E-state index in [-0.39, 0.29) is 5.91 Å². The van der Waals surface area contributed by atoms with Crippen LogP contribution < -0.4 is 5.32 Å². The minimum Gasteiger partial charge on any atom is -0.302 e. The van der Waals surface area contributed by atoms with Gasteiger partial charge in [0.15, 0.2) is 5.13 Å². The number of nitrogens with one attached hydrogen (secondary N) is 1. The zero-order valence-corrected chi connectivity index (χ0v) is 14.7. The van der Waals surface area contributed by atoms with E-state index in [0.717, 1.165) is 23.2 Å². The molecule has 3 aromatic rings. The van der Waals surface area contributed by atoms with Gasteiger partial charge in [-0.15, -0.1) is 11.3 Å². The van der Waals surface area contributed by atoms with Crippen molar-refractivity contribution in [3.8, 4) is 11.3 Å². The fourth-order valence-electron chi connectivity index (χ4n) is 2.52. The van der Waals surface area contributed by atoms with Crippen molar-refractivity contribution < 1.29 is 4.79 Å². The fraction of sp³-hybridized carbons (Fsp3) is 0.200. The van der Waals surface area contributed by atoms with Gasteiger partial charge < -0.3 is 5.32 Å². The lowest BCUT2D eigenvalue weighted by molar-refractivity contribution is -0.115. The molecule has 0 aliphatic carbocycles. The Kier molecular flexibility index (Phi) is 5.06. The molecule has 0 aliphatic heterocycles. The van der Waals surface area contributed by atoms with Crippen LogP contribution in [-0.2, 0) is 17.6 Å². The Morgan fingerprint density at radius 2 is 1.79 bits per heavy atom. The van der Waals surface area contributed by atoms with E-state index in [9.17, 15) is 4.79 Å². The topological polar surface area (TPSA) is 42.0 Å². The van der Waals surface area contributed by atoms with Gasteiger partial charge in [0.05, 0.1) is 12.1 Å². The monoisotopic (exact) mass is 336 g/mol. The Morgan fingerprint density at radius 1 is 1.08 bits per heavy atom. The lowest BCUT2D eigenvalue weighted by Crippen LogP contribution is -2.14. The standard InChI is InChI=1S/C20H20N2OS/c1-3-17-19(16-7-5-4-6-8-16)22-20(24-17)21-18(23)13-15-11-9-14(2)10-12-15/h4-12H,3,13H2,1-2H3,(H,21,22,23). The highest BCUT2D eigenvalue weighted by Crippen LogP contribution is 2.31. The smallest absolute Gasteiger partial charge is 0.230 e. The van der Waals surface area contributed by atoms with Gasteiger partial charge in [-0.3, -0.25) is 4.79 Å². The van der Waals surface area contributed by atoms with Crippen LogP contribution in [0.3, 0.4) is 0 Å². The molecule has 3 rings (SSSR count). The van der Waals surface area contributed by atoms with E-state index in [0.29, 0.717) is 11.6 Å². The lowest BCUT2D eigenvalue weighted by Gasteiger charge is -2.02. The highest BCUT2D eigenvalue weighted by Gasteiger charge is 2.13. The van der Waals surface area contributed by atoms with Gasteiger partial charge in [0.25, 0.3) is 0 Å². The number of aromatic nitrogens is 1. The van der Waals surface area contributed by atoms with E-state index in [1.54, 1.807) is 11.3 Å². The summed E-state index contributed by atoms with van der Waals surface area (Å²) in [6, 6.07) is 18.1. The SMILES string of the molecule is CCc1sc(NC(=O)Cc2ccc(C)cc2)nc1-c1ccccc1. The first-order chi connectivity index (χ1) is 11.7. The van der Waals surface area contributed by atoms with Gasteiger partial charge in [0.2, 0.25) is 5.91 Å². The molecule has 0 spiro atoms. The van der Waals surface area contributed by atoms with Crippen molar-refractivity contribution in [2.45, 2.75) is 26.7 Å². The molecule has 0 aliphatic rings. The van der Waals surface area contributed by atoms with Crippen LogP contribution in [0.4, 0.5) is 5.13 Å². The van der Waals surface area contributed by atoms with Crippen LogP contribution in [0.2, 0.25) is 0 Å². The van der Waals surface area contributed by atoms with Crippen LogP contribution in [0.1, 0.15) is 22.9 Å². The number of anilines is 1. The number of amides is 1. The fourth-order valence-corrected chi connectivity index (χ4v) is 3.46.